The van der Waals surface area contributed by atoms with E-state index in [2.05, 4.69) is 15.9 Å². The maximum absolute atomic E-state index is 13.2. The normalized spacial score (nSPS) is 12.9. The van der Waals surface area contributed by atoms with Gasteiger partial charge in [0.25, 0.3) is 0 Å². The molecule has 1 aromatic carbocycles. The van der Waals surface area contributed by atoms with Crippen molar-refractivity contribution in [3.8, 4) is 0 Å². The van der Waals surface area contributed by atoms with Crippen molar-refractivity contribution < 1.29 is 4.39 Å². The fourth-order valence-electron chi connectivity index (χ4n) is 1.14. The Morgan fingerprint density at radius 1 is 1.54 bits per heavy atom. The van der Waals surface area contributed by atoms with Gasteiger partial charge in [0.2, 0.25) is 0 Å². The highest BCUT2D eigenvalue weighted by Gasteiger charge is 2.06. The summed E-state index contributed by atoms with van der Waals surface area (Å²) in [5.74, 6) is -0.157. The lowest BCUT2D eigenvalue weighted by molar-refractivity contribution is 0.589. The fourth-order valence-corrected chi connectivity index (χ4v) is 1.68. The van der Waals surface area contributed by atoms with Gasteiger partial charge in [0.05, 0.1) is 0 Å². The van der Waals surface area contributed by atoms with Gasteiger partial charge in [0.1, 0.15) is 5.82 Å². The zero-order valence-corrected chi connectivity index (χ0v) is 9.14. The van der Waals surface area contributed by atoms with Gasteiger partial charge in [-0.1, -0.05) is 22.0 Å². The minimum absolute atomic E-state index is 0.117. The van der Waals surface area contributed by atoms with Crippen LogP contribution in [0.1, 0.15) is 18.9 Å². The van der Waals surface area contributed by atoms with Gasteiger partial charge in [-0.25, -0.2) is 4.39 Å². The molecule has 1 aromatic rings. The molecule has 13 heavy (non-hydrogen) atoms. The van der Waals surface area contributed by atoms with Crippen molar-refractivity contribution in [3.05, 3.63) is 34.1 Å². The topological polar surface area (TPSA) is 26.0 Å². The molecule has 1 nitrogen and oxygen atoms in total. The first kappa shape index (κ1) is 10.7. The van der Waals surface area contributed by atoms with Crippen molar-refractivity contribution >= 4 is 15.9 Å². The summed E-state index contributed by atoms with van der Waals surface area (Å²) in [6.07, 6.45) is 1.49. The summed E-state index contributed by atoms with van der Waals surface area (Å²) in [6.45, 7) is 1.93. The van der Waals surface area contributed by atoms with E-state index in [4.69, 9.17) is 5.73 Å². The number of hydrogen-bond donors (Lipinski definition) is 1. The molecule has 0 aromatic heterocycles. The molecule has 2 N–H and O–H groups in total. The quantitative estimate of drug-likeness (QED) is 0.871. The fraction of sp³-hybridized carbons (Fsp3) is 0.400. The highest BCUT2D eigenvalue weighted by atomic mass is 79.9. The van der Waals surface area contributed by atoms with Crippen LogP contribution < -0.4 is 5.73 Å². The third-order valence-electron chi connectivity index (χ3n) is 1.91. The molecule has 72 valence electrons. The molecule has 0 aliphatic rings. The highest BCUT2D eigenvalue weighted by Crippen LogP contribution is 2.21. The molecule has 0 aliphatic heterocycles. The van der Waals surface area contributed by atoms with Crippen LogP contribution in [-0.4, -0.2) is 6.04 Å². The Labute approximate surface area is 86.3 Å². The maximum atomic E-state index is 13.2. The van der Waals surface area contributed by atoms with Gasteiger partial charge in [0.15, 0.2) is 0 Å². The van der Waals surface area contributed by atoms with E-state index in [0.29, 0.717) is 6.42 Å². The standard InChI is InChI=1S/C10H13BrFN/c1-7(13)5-6-8-9(11)3-2-4-10(8)12/h2-4,7H,5-6,13H2,1H3/t7-/m0/s1. The van der Waals surface area contributed by atoms with E-state index in [-0.39, 0.29) is 11.9 Å². The van der Waals surface area contributed by atoms with Crippen molar-refractivity contribution in [1.82, 2.24) is 0 Å². The Morgan fingerprint density at radius 3 is 2.77 bits per heavy atom. The van der Waals surface area contributed by atoms with Crippen molar-refractivity contribution in [2.24, 2.45) is 5.73 Å². The minimum atomic E-state index is -0.157. The second-order valence-electron chi connectivity index (χ2n) is 3.22. The summed E-state index contributed by atoms with van der Waals surface area (Å²) in [4.78, 5) is 0. The second kappa shape index (κ2) is 4.72. The molecule has 0 saturated heterocycles. The minimum Gasteiger partial charge on any atom is -0.328 e. The van der Waals surface area contributed by atoms with Crippen LogP contribution in [0.2, 0.25) is 0 Å². The van der Waals surface area contributed by atoms with Gasteiger partial charge >= 0.3 is 0 Å². The lowest BCUT2D eigenvalue weighted by Crippen LogP contribution is -2.15. The first-order valence-corrected chi connectivity index (χ1v) is 5.09. The Bertz CT molecular complexity index is 266. The smallest absolute Gasteiger partial charge is 0.127 e. The monoisotopic (exact) mass is 245 g/mol. The first-order valence-electron chi connectivity index (χ1n) is 4.29. The molecule has 0 unspecified atom stereocenters. The summed E-state index contributed by atoms with van der Waals surface area (Å²) in [5, 5.41) is 0. The van der Waals surface area contributed by atoms with Crippen LogP contribution >= 0.6 is 15.9 Å². The van der Waals surface area contributed by atoms with Gasteiger partial charge in [-0.15, -0.1) is 0 Å². The predicted octanol–water partition coefficient (Wildman–Crippen LogP) is 2.87. The zero-order valence-electron chi connectivity index (χ0n) is 7.56. The van der Waals surface area contributed by atoms with Gasteiger partial charge in [0, 0.05) is 16.1 Å². The maximum Gasteiger partial charge on any atom is 0.127 e. The molecule has 3 heteroatoms. The third kappa shape index (κ3) is 3.08. The van der Waals surface area contributed by atoms with E-state index < -0.39 is 0 Å². The second-order valence-corrected chi connectivity index (χ2v) is 4.07. The Morgan fingerprint density at radius 2 is 2.23 bits per heavy atom. The van der Waals surface area contributed by atoms with Gasteiger partial charge < -0.3 is 5.73 Å². The number of nitrogens with two attached hydrogens (primary N) is 1. The SMILES string of the molecule is C[C@H](N)CCc1c(F)cccc1Br. The lowest BCUT2D eigenvalue weighted by atomic mass is 10.1. The molecule has 1 rings (SSSR count). The van der Waals surface area contributed by atoms with Crippen LogP contribution in [0.15, 0.2) is 22.7 Å². The van der Waals surface area contributed by atoms with E-state index in [1.54, 1.807) is 6.07 Å². The molecule has 0 aliphatic carbocycles. The van der Waals surface area contributed by atoms with Crippen LogP contribution in [0.3, 0.4) is 0 Å². The average Bonchev–Trinajstić information content (AvgIpc) is 2.03. The Hall–Kier alpha value is -0.410. The van der Waals surface area contributed by atoms with Crippen molar-refractivity contribution in [1.29, 1.82) is 0 Å². The molecule has 0 amide bonds. The van der Waals surface area contributed by atoms with Crippen LogP contribution in [-0.2, 0) is 6.42 Å². The molecule has 0 fully saturated rings. The third-order valence-corrected chi connectivity index (χ3v) is 2.65. The summed E-state index contributed by atoms with van der Waals surface area (Å²) >= 11 is 3.32. The van der Waals surface area contributed by atoms with Crippen LogP contribution in [0.5, 0.6) is 0 Å². The lowest BCUT2D eigenvalue weighted by Gasteiger charge is -2.07. The van der Waals surface area contributed by atoms with Gasteiger partial charge in [-0.3, -0.25) is 0 Å². The number of hydrogen-bond acceptors (Lipinski definition) is 1. The van der Waals surface area contributed by atoms with Crippen molar-refractivity contribution in [2.75, 3.05) is 0 Å². The molecule has 1 atom stereocenters. The zero-order chi connectivity index (χ0) is 9.84. The Kier molecular flexibility index (Phi) is 3.88. The van der Waals surface area contributed by atoms with Crippen molar-refractivity contribution in [3.63, 3.8) is 0 Å². The first-order chi connectivity index (χ1) is 6.11. The molecular formula is C10H13BrFN. The van der Waals surface area contributed by atoms with Crippen molar-refractivity contribution in [2.45, 2.75) is 25.8 Å². The number of benzene rings is 1. The average molecular weight is 246 g/mol. The molecule has 0 spiro atoms. The van der Waals surface area contributed by atoms with E-state index in [0.717, 1.165) is 16.5 Å². The van der Waals surface area contributed by atoms with Crippen LogP contribution in [0, 0.1) is 5.82 Å². The molecule has 0 bridgehead atoms. The van der Waals surface area contributed by atoms with E-state index in [1.807, 2.05) is 13.0 Å². The predicted molar refractivity (Wildman–Crippen MR) is 56.1 cm³/mol. The van der Waals surface area contributed by atoms with E-state index >= 15 is 0 Å². The summed E-state index contributed by atoms with van der Waals surface area (Å²) in [5.41, 5.74) is 6.32. The number of halogens is 2. The van der Waals surface area contributed by atoms with Crippen LogP contribution in [0.4, 0.5) is 4.39 Å². The summed E-state index contributed by atoms with van der Waals surface area (Å²) < 4.78 is 14.1. The van der Waals surface area contributed by atoms with Crippen LogP contribution in [0.25, 0.3) is 0 Å². The summed E-state index contributed by atoms with van der Waals surface area (Å²) in [7, 11) is 0. The number of rotatable bonds is 3. The Balaban J connectivity index is 2.75. The summed E-state index contributed by atoms with van der Waals surface area (Å²) in [6, 6.07) is 5.13. The molecule has 0 radical (unpaired) electrons. The van der Waals surface area contributed by atoms with E-state index in [1.165, 1.54) is 6.07 Å². The molecular weight excluding hydrogens is 233 g/mol. The van der Waals surface area contributed by atoms with E-state index in [9.17, 15) is 4.39 Å². The van der Waals surface area contributed by atoms with Gasteiger partial charge in [-0.2, -0.15) is 0 Å². The largest absolute Gasteiger partial charge is 0.328 e. The molecule has 0 saturated carbocycles. The van der Waals surface area contributed by atoms with Gasteiger partial charge in [-0.05, 0) is 31.9 Å². The molecule has 0 heterocycles. The highest BCUT2D eigenvalue weighted by molar-refractivity contribution is 9.10.